The number of allylic oxidation sites excluding steroid dienone is 1. The SMILES string of the molecule is CC(C)(C)OC(=O)N[C@@H]1CCCCC/C=C\[C@@H]2C[C@]2(C(=O)O)NC(=O)[C@@H]2C[C@H](n3nnc(-c4ccc(OCCO)c(Br)c4)n3)CN2C1=O.CC(C)(C)OC(=O)N[C@@H]1CCCCCCC[C@@H]2C[C@]2(C(=O)O)NC(=O)[C@@H]2CC(n3nnc(-c4ccc(OCCO)c(Cl)c4)n3)CN2C1=O.CCOc1ccc(-c2nnn(C3C[C@H]4C(=O)N[C@@]5(C(=O)O)C[C@H]5CCCCCCC[C@@H](NC(=O)OC(C)(C)C)C(=O)N4C3)n2)cc1Br. The number of benzene rings is 3. The molecule has 6 aliphatic heterocycles. The van der Waals surface area contributed by atoms with E-state index in [4.69, 9.17) is 50.2 Å². The van der Waals surface area contributed by atoms with E-state index in [-0.39, 0.29) is 95.3 Å². The molecule has 6 aromatic rings. The van der Waals surface area contributed by atoms with Crippen molar-refractivity contribution in [2.45, 2.75) is 318 Å². The maximum atomic E-state index is 14.2. The van der Waals surface area contributed by atoms with Gasteiger partial charge in [0.15, 0.2) is 0 Å². The second kappa shape index (κ2) is 46.9. The minimum atomic E-state index is -1.45. The molecule has 5 saturated heterocycles. The molecule has 15 atom stereocenters. The first kappa shape index (κ1) is 108. The minimum absolute atomic E-state index is 0.0252. The molecule has 0 bridgehead atoms. The van der Waals surface area contributed by atoms with Crippen molar-refractivity contribution in [1.82, 2.24) is 107 Å². The van der Waals surface area contributed by atoms with Crippen LogP contribution in [0.3, 0.4) is 0 Å². The number of hydrogen-bond donors (Lipinski definition) is 11. The normalized spacial score (nSPS) is 26.9. The molecule has 9 amide bonds. The number of nitrogens with one attached hydrogen (secondary N) is 6. The number of aromatic nitrogens is 12. The number of nitrogens with zero attached hydrogens (tertiary/aromatic N) is 15. The van der Waals surface area contributed by atoms with Gasteiger partial charge >= 0.3 is 36.2 Å². The predicted octanol–water partition coefficient (Wildman–Crippen LogP) is 10.3. The third-order valence-electron chi connectivity index (χ3n) is 26.6. The average molecular weight is 2140 g/mol. The molecule has 3 aromatic carbocycles. The number of aliphatic carboxylic acids is 3. The maximum absolute atomic E-state index is 14.2. The summed E-state index contributed by atoms with van der Waals surface area (Å²) in [5.74, 6) is -4.60. The number of tetrazole rings is 3. The van der Waals surface area contributed by atoms with E-state index in [1.54, 1.807) is 105 Å². The summed E-state index contributed by atoms with van der Waals surface area (Å²) in [6, 6.07) is 7.93. The van der Waals surface area contributed by atoms with E-state index in [0.717, 1.165) is 75.1 Å². The van der Waals surface area contributed by atoms with E-state index in [9.17, 15) is 72.9 Å². The number of ether oxygens (including phenoxy) is 6. The highest BCUT2D eigenvalue weighted by atomic mass is 79.9. The van der Waals surface area contributed by atoms with E-state index < -0.39 is 159 Å². The van der Waals surface area contributed by atoms with Gasteiger partial charge in [-0.15, -0.1) is 30.6 Å². The summed E-state index contributed by atoms with van der Waals surface area (Å²) in [7, 11) is 0. The fourth-order valence-corrected chi connectivity index (χ4v) is 20.3. The van der Waals surface area contributed by atoms with Crippen LogP contribution in [0.1, 0.15) is 248 Å². The highest BCUT2D eigenvalue weighted by Gasteiger charge is 2.65. The summed E-state index contributed by atoms with van der Waals surface area (Å²) in [5.41, 5.74) is -4.64. The molecule has 0 spiro atoms. The number of rotatable bonds is 20. The molecule has 3 aliphatic carbocycles. The van der Waals surface area contributed by atoms with Gasteiger partial charge in [-0.1, -0.05) is 101 Å². The Kier molecular flexibility index (Phi) is 35.6. The molecule has 0 radical (unpaired) electrons. The Hall–Kier alpha value is -11.8. The molecule has 9 heterocycles. The lowest BCUT2D eigenvalue weighted by molar-refractivity contribution is -0.146. The van der Waals surface area contributed by atoms with Crippen LogP contribution < -0.4 is 46.1 Å². The van der Waals surface area contributed by atoms with Crippen molar-refractivity contribution in [3.8, 4) is 51.4 Å². The second-order valence-electron chi connectivity index (χ2n) is 40.8. The molecule has 8 fully saturated rings. The fraction of sp³-hybridized carbons (Fsp3) is 0.635. The van der Waals surface area contributed by atoms with Crippen molar-refractivity contribution in [2.24, 2.45) is 17.8 Å². The zero-order valence-corrected chi connectivity index (χ0v) is 86.0. The number of carboxylic acid groups (broad SMARTS) is 3. The number of hydrogen-bond acceptors (Lipinski definition) is 29. The Balaban J connectivity index is 0.000000180. The van der Waals surface area contributed by atoms with Gasteiger partial charge in [-0.05, 0) is 247 Å². The molecule has 3 aromatic heterocycles. The summed E-state index contributed by atoms with van der Waals surface area (Å²) in [5, 5.41) is 104. The second-order valence-corrected chi connectivity index (χ2v) is 42.9. The Morgan fingerprint density at radius 1 is 0.448 bits per heavy atom. The third-order valence-corrected chi connectivity index (χ3v) is 28.2. The van der Waals surface area contributed by atoms with Crippen LogP contribution in [0.4, 0.5) is 14.4 Å². The van der Waals surface area contributed by atoms with Crippen LogP contribution in [0, 0.1) is 17.8 Å². The number of aliphatic hydroxyl groups excluding tert-OH is 2. The fourth-order valence-electron chi connectivity index (χ4n) is 19.1. The number of halogens is 3. The Morgan fingerprint density at radius 3 is 1.12 bits per heavy atom. The first-order chi connectivity index (χ1) is 67.9. The van der Waals surface area contributed by atoms with Crippen molar-refractivity contribution < 1.29 is 111 Å². The summed E-state index contributed by atoms with van der Waals surface area (Å²) >= 11 is 13.3. The lowest BCUT2D eigenvalue weighted by Crippen LogP contribution is -2.56. The van der Waals surface area contributed by atoms with Crippen molar-refractivity contribution in [3.05, 3.63) is 80.7 Å². The molecule has 143 heavy (non-hydrogen) atoms. The lowest BCUT2D eigenvalue weighted by atomic mass is 10.0. The van der Waals surface area contributed by atoms with Gasteiger partial charge in [0.2, 0.25) is 52.9 Å². The number of aliphatic hydroxyl groups is 2. The van der Waals surface area contributed by atoms with Gasteiger partial charge in [-0.2, -0.15) is 14.4 Å². The van der Waals surface area contributed by atoms with Crippen LogP contribution in [0.2, 0.25) is 5.02 Å². The maximum Gasteiger partial charge on any atom is 0.408 e. The highest BCUT2D eigenvalue weighted by Crippen LogP contribution is 2.51. The number of alkyl carbamates (subject to hydrolysis) is 3. The standard InChI is InChI=1S/C32H42BrN7O8.C32H44BrN7O7.C32H44ClN7O8/c1-31(2,3)48-30(46)34-23-10-8-6-4-5-7-9-20-17-32(20,29(44)45)35-27(42)24-16-21(18-39(24)28(23)43)40-37-26(36-38-40)19-11-12-25(22(33)15-19)47-14-13-41;1-5-46-25-14-13-19(15-22(25)33)26-36-38-40(37-26)21-16-24-27(41)35-32(29(43)44)17-20(32)11-9-7-6-8-10-12-23(28(42)39(24)18-21)34-30(45)47-31(2,3)4;1-31(2,3)48-30(46)34-23-10-8-6-4-5-7-9-20-17-32(20,29(44)45)35-27(42)24-16-21(18-39(24)28(23)43)40-37-26(36-38-40)19-11-12-25(22(33)15-19)47-14-13-41/h7,9,11-12,15,20-21,23-24,41H,4-6,8,10,13-14,16-18H2,1-3H3,(H,34,46)(H,35,42)(H,44,45);13-15,20-21,23-24H,5-12,16-18H2,1-4H3,(H,34,45)(H,35,41)(H,43,44);11-12,15,20-21,23-24,41H,4-10,13-14,16-18H2,1-3H3,(H,34,46)(H,35,42)(H,44,45)/b9-7-;;/t20-,21+,23-,24+,32+;2*20-,21?,23-,24+,32+/m111/s1. The molecular formula is C96H130Br2ClN21O23. The van der Waals surface area contributed by atoms with Crippen LogP contribution in [0.5, 0.6) is 17.2 Å². The molecule has 11 N–H and O–H groups in total. The zero-order valence-electron chi connectivity index (χ0n) is 82.0. The minimum Gasteiger partial charge on any atom is -0.493 e. The van der Waals surface area contributed by atoms with Crippen LogP contribution in [-0.2, 0) is 57.4 Å². The average Bonchev–Trinajstić information content (AvgIpc) is 1.59. The van der Waals surface area contributed by atoms with E-state index in [0.29, 0.717) is 126 Å². The topological polar surface area (TPSA) is 574 Å². The largest absolute Gasteiger partial charge is 0.493 e. The predicted molar refractivity (Wildman–Crippen MR) is 520 cm³/mol. The molecule has 44 nitrogen and oxygen atoms in total. The van der Waals surface area contributed by atoms with Gasteiger partial charge in [0.05, 0.1) is 51.9 Å². The van der Waals surface area contributed by atoms with Crippen LogP contribution in [0.25, 0.3) is 34.2 Å². The van der Waals surface area contributed by atoms with Crippen molar-refractivity contribution in [2.75, 3.05) is 52.7 Å². The van der Waals surface area contributed by atoms with Gasteiger partial charge in [0.1, 0.15) is 100 Å². The van der Waals surface area contributed by atoms with E-state index in [1.807, 2.05) is 31.2 Å². The van der Waals surface area contributed by atoms with Crippen molar-refractivity contribution >= 4 is 115 Å². The monoisotopic (exact) mass is 2140 g/mol. The quantitative estimate of drug-likeness (QED) is 0.0250. The number of fused-ring (bicyclic) bond motifs is 6. The molecule has 3 saturated carbocycles. The van der Waals surface area contributed by atoms with E-state index in [2.05, 4.69) is 110 Å². The summed E-state index contributed by atoms with van der Waals surface area (Å²) < 4.78 is 34.2. The molecule has 778 valence electrons. The van der Waals surface area contributed by atoms with Gasteiger partial charge in [-0.3, -0.25) is 28.8 Å². The third kappa shape index (κ3) is 27.7. The number of carbonyl (C=O) groups excluding carboxylic acids is 9. The van der Waals surface area contributed by atoms with Crippen LogP contribution in [-0.4, -0.2) is 295 Å². The van der Waals surface area contributed by atoms with Crippen molar-refractivity contribution in [1.29, 1.82) is 0 Å². The van der Waals surface area contributed by atoms with Crippen LogP contribution in [0.15, 0.2) is 75.7 Å². The molecular weight excluding hydrogens is 2010 g/mol. The van der Waals surface area contributed by atoms with Crippen molar-refractivity contribution in [3.63, 3.8) is 0 Å². The first-order valence-corrected chi connectivity index (χ1v) is 51.0. The van der Waals surface area contributed by atoms with Gasteiger partial charge in [0.25, 0.3) is 0 Å². The number of carbonyl (C=O) groups is 12. The smallest absolute Gasteiger partial charge is 0.408 e. The van der Waals surface area contributed by atoms with Gasteiger partial charge < -0.3 is 101 Å². The molecule has 15 rings (SSSR count). The number of carboxylic acids is 3. The van der Waals surface area contributed by atoms with Gasteiger partial charge in [0, 0.05) is 61.5 Å². The molecule has 9 aliphatic rings. The highest BCUT2D eigenvalue weighted by molar-refractivity contribution is 9.11. The first-order valence-electron chi connectivity index (χ1n) is 49.0. The molecule has 2 unspecified atom stereocenters. The number of amides is 9. The Bertz CT molecular complexity index is 5630. The van der Waals surface area contributed by atoms with E-state index in [1.165, 1.54) is 29.1 Å². The summed E-state index contributed by atoms with van der Waals surface area (Å²) in [6.07, 6.45) is 16.7. The lowest BCUT2D eigenvalue weighted by Gasteiger charge is -2.30. The zero-order chi connectivity index (χ0) is 103. The summed E-state index contributed by atoms with van der Waals surface area (Å²) in [6.45, 7) is 18.1. The van der Waals surface area contributed by atoms with E-state index >= 15 is 0 Å². The Morgan fingerprint density at radius 2 is 0.776 bits per heavy atom. The summed E-state index contributed by atoms with van der Waals surface area (Å²) in [4.78, 5) is 168. The van der Waals surface area contributed by atoms with Crippen LogP contribution >= 0.6 is 43.5 Å². The Labute approximate surface area is 849 Å². The van der Waals surface area contributed by atoms with Gasteiger partial charge in [-0.25, -0.2) is 28.8 Å². The molecule has 47 heteroatoms.